The van der Waals surface area contributed by atoms with Gasteiger partial charge in [0, 0.05) is 19.5 Å². The summed E-state index contributed by atoms with van der Waals surface area (Å²) in [7, 11) is 0. The maximum Gasteiger partial charge on any atom is 0.408 e. The molecule has 11 heteroatoms. The van der Waals surface area contributed by atoms with Crippen LogP contribution in [0.3, 0.4) is 0 Å². The predicted molar refractivity (Wildman–Crippen MR) is 136 cm³/mol. The molecule has 1 aliphatic heterocycles. The van der Waals surface area contributed by atoms with E-state index in [1.807, 2.05) is 18.2 Å². The number of aliphatic carboxylic acids is 1. The zero-order valence-corrected chi connectivity index (χ0v) is 21.1. The van der Waals surface area contributed by atoms with Crippen molar-refractivity contribution in [3.05, 3.63) is 71.6 Å². The molecule has 1 saturated heterocycles. The van der Waals surface area contributed by atoms with Crippen molar-refractivity contribution in [3.8, 4) is 5.75 Å². The number of amides is 2. The standard InChI is InChI=1S/C22H26N2O6.C4H9N2O/c1-14(2)19(24-22(29)30-13-16-6-4-3-5-7-16)20(26)23-18(21(27)28)12-15-8-10-17(25)11-9-15;5-6-1-3-7-4-2-6/h3-11,14,18-19,25H,12-13H2,1-2H3,(H,23,26)(H,24,29)(H,27,28);5H,1-4H2/q;-1/t18-,19-;/m0./s1. The second-order valence-electron chi connectivity index (χ2n) is 8.80. The molecule has 1 heterocycles. The molecule has 0 radical (unpaired) electrons. The number of phenols is 1. The van der Waals surface area contributed by atoms with Gasteiger partial charge in [0.25, 0.3) is 0 Å². The summed E-state index contributed by atoms with van der Waals surface area (Å²) in [6.07, 6.45) is -0.733. The van der Waals surface area contributed by atoms with Crippen molar-refractivity contribution in [2.75, 3.05) is 26.3 Å². The van der Waals surface area contributed by atoms with E-state index in [9.17, 15) is 24.6 Å². The van der Waals surface area contributed by atoms with Crippen LogP contribution in [-0.2, 0) is 32.1 Å². The highest BCUT2D eigenvalue weighted by Gasteiger charge is 2.29. The van der Waals surface area contributed by atoms with Gasteiger partial charge in [-0.25, -0.2) is 9.59 Å². The van der Waals surface area contributed by atoms with Gasteiger partial charge >= 0.3 is 12.1 Å². The van der Waals surface area contributed by atoms with E-state index in [0.29, 0.717) is 5.56 Å². The van der Waals surface area contributed by atoms with Crippen LogP contribution in [0.1, 0.15) is 25.0 Å². The van der Waals surface area contributed by atoms with E-state index < -0.39 is 30.1 Å². The molecule has 0 unspecified atom stereocenters. The Balaban J connectivity index is 0.000000591. The predicted octanol–water partition coefficient (Wildman–Crippen LogP) is 2.74. The number of ether oxygens (including phenoxy) is 2. The van der Waals surface area contributed by atoms with Crippen molar-refractivity contribution < 1.29 is 34.1 Å². The number of benzene rings is 2. The van der Waals surface area contributed by atoms with E-state index in [4.69, 9.17) is 15.3 Å². The van der Waals surface area contributed by atoms with Crippen molar-refractivity contribution in [3.63, 3.8) is 0 Å². The van der Waals surface area contributed by atoms with Crippen LogP contribution in [0.2, 0.25) is 0 Å². The zero-order valence-electron chi connectivity index (χ0n) is 21.1. The Morgan fingerprint density at radius 2 is 1.62 bits per heavy atom. The van der Waals surface area contributed by atoms with Crippen LogP contribution < -0.4 is 10.6 Å². The molecule has 11 nitrogen and oxygen atoms in total. The number of carboxylic acids is 1. The molecule has 0 spiro atoms. The van der Waals surface area contributed by atoms with Crippen LogP contribution in [0.5, 0.6) is 5.75 Å². The second-order valence-corrected chi connectivity index (χ2v) is 8.80. The van der Waals surface area contributed by atoms with Crippen LogP contribution in [0.4, 0.5) is 4.79 Å². The molecular formula is C26H35N4O7-. The first-order valence-electron chi connectivity index (χ1n) is 12.0. The zero-order chi connectivity index (χ0) is 27.2. The molecule has 0 aliphatic carbocycles. The Bertz CT molecular complexity index is 980. The number of nitrogens with zero attached hydrogens (tertiary/aromatic N) is 1. The molecule has 0 saturated carbocycles. The van der Waals surface area contributed by atoms with Crippen molar-refractivity contribution in [1.82, 2.24) is 15.6 Å². The number of aromatic hydroxyl groups is 1. The molecule has 0 bridgehead atoms. The van der Waals surface area contributed by atoms with Gasteiger partial charge in [0.05, 0.1) is 13.2 Å². The highest BCUT2D eigenvalue weighted by Crippen LogP contribution is 2.12. The molecule has 1 fully saturated rings. The lowest BCUT2D eigenvalue weighted by atomic mass is 10.0. The van der Waals surface area contributed by atoms with Gasteiger partial charge in [-0.1, -0.05) is 56.3 Å². The molecule has 2 aromatic rings. The molecule has 3 rings (SSSR count). The first-order chi connectivity index (χ1) is 17.7. The fraction of sp³-hybridized carbons (Fsp3) is 0.423. The Labute approximate surface area is 216 Å². The van der Waals surface area contributed by atoms with Crippen molar-refractivity contribution >= 4 is 18.0 Å². The Kier molecular flexibility index (Phi) is 12.3. The van der Waals surface area contributed by atoms with Gasteiger partial charge in [-0.2, -0.15) is 0 Å². The van der Waals surface area contributed by atoms with Crippen molar-refractivity contribution in [2.45, 2.75) is 39.0 Å². The van der Waals surface area contributed by atoms with E-state index in [2.05, 4.69) is 10.6 Å². The van der Waals surface area contributed by atoms with Gasteiger partial charge in [0.2, 0.25) is 5.91 Å². The summed E-state index contributed by atoms with van der Waals surface area (Å²) in [5.41, 5.74) is 1.44. The molecule has 2 aromatic carbocycles. The summed E-state index contributed by atoms with van der Waals surface area (Å²) in [5, 5.41) is 25.3. The Hall–Kier alpha value is -3.67. The summed E-state index contributed by atoms with van der Waals surface area (Å²) in [6, 6.07) is 13.0. The number of carbonyl (C=O) groups excluding carboxylic acids is 2. The topological polar surface area (TPSA) is 161 Å². The lowest BCUT2D eigenvalue weighted by molar-refractivity contribution is -0.142. The largest absolute Gasteiger partial charge is 0.609 e. The number of rotatable bonds is 9. The number of alkyl carbamates (subject to hydrolysis) is 1. The van der Waals surface area contributed by atoms with E-state index >= 15 is 0 Å². The van der Waals surface area contributed by atoms with E-state index in [1.165, 1.54) is 17.1 Å². The highest BCUT2D eigenvalue weighted by atomic mass is 16.5. The maximum atomic E-state index is 12.7. The quantitative estimate of drug-likeness (QED) is 0.396. The van der Waals surface area contributed by atoms with E-state index in [1.54, 1.807) is 38.1 Å². The normalized spacial score (nSPS) is 15.0. The van der Waals surface area contributed by atoms with E-state index in [-0.39, 0.29) is 24.7 Å². The smallest absolute Gasteiger partial charge is 0.408 e. The molecule has 202 valence electrons. The third-order valence-electron chi connectivity index (χ3n) is 5.44. The monoisotopic (exact) mass is 515 g/mol. The lowest BCUT2D eigenvalue weighted by Crippen LogP contribution is -2.54. The van der Waals surface area contributed by atoms with E-state index in [0.717, 1.165) is 31.9 Å². The highest BCUT2D eigenvalue weighted by molar-refractivity contribution is 5.89. The minimum Gasteiger partial charge on any atom is -0.609 e. The van der Waals surface area contributed by atoms with Crippen molar-refractivity contribution in [2.24, 2.45) is 5.92 Å². The van der Waals surface area contributed by atoms with Crippen LogP contribution in [0.15, 0.2) is 54.6 Å². The molecule has 37 heavy (non-hydrogen) atoms. The lowest BCUT2D eigenvalue weighted by Gasteiger charge is -2.30. The van der Waals surface area contributed by atoms with Crippen LogP contribution >= 0.6 is 0 Å². The molecule has 5 N–H and O–H groups in total. The molecular weight excluding hydrogens is 480 g/mol. The average molecular weight is 516 g/mol. The molecule has 1 aliphatic rings. The van der Waals surface area contributed by atoms with Gasteiger partial charge in [0.1, 0.15) is 24.4 Å². The average Bonchev–Trinajstić information content (AvgIpc) is 2.88. The van der Waals surface area contributed by atoms with Crippen LogP contribution in [0.25, 0.3) is 5.84 Å². The maximum absolute atomic E-state index is 12.7. The number of carbonyl (C=O) groups is 3. The fourth-order valence-electron chi connectivity index (χ4n) is 3.32. The third-order valence-corrected chi connectivity index (χ3v) is 5.44. The first-order valence-corrected chi connectivity index (χ1v) is 12.0. The van der Waals surface area contributed by atoms with Gasteiger partial charge in [-0.05, 0) is 29.2 Å². The van der Waals surface area contributed by atoms with Gasteiger partial charge < -0.3 is 41.2 Å². The minimum atomic E-state index is -1.20. The fourth-order valence-corrected chi connectivity index (χ4v) is 3.32. The summed E-state index contributed by atoms with van der Waals surface area (Å²) in [6.45, 7) is 6.50. The SMILES string of the molecule is CC(C)[C@H](NC(=O)OCc1ccccc1)C(=O)N[C@@H](Cc1ccc(O)cc1)C(=O)O.[NH-]N1CCOCC1. The molecule has 2 amide bonds. The van der Waals surface area contributed by atoms with Crippen molar-refractivity contribution in [1.29, 1.82) is 0 Å². The Morgan fingerprint density at radius 1 is 1.00 bits per heavy atom. The van der Waals surface area contributed by atoms with Gasteiger partial charge in [0.15, 0.2) is 0 Å². The van der Waals surface area contributed by atoms with Crippen LogP contribution in [-0.4, -0.2) is 71.6 Å². The second kappa shape index (κ2) is 15.4. The number of nitrogens with one attached hydrogen (secondary N) is 3. The third kappa shape index (κ3) is 11.3. The number of morpholine rings is 1. The molecule has 2 atom stereocenters. The first kappa shape index (κ1) is 29.6. The number of hydrogen-bond donors (Lipinski definition) is 4. The summed E-state index contributed by atoms with van der Waals surface area (Å²) in [4.78, 5) is 36.4. The van der Waals surface area contributed by atoms with Gasteiger partial charge in [-0.15, -0.1) is 0 Å². The van der Waals surface area contributed by atoms with Crippen LogP contribution in [0, 0.1) is 5.92 Å². The summed E-state index contributed by atoms with van der Waals surface area (Å²) in [5.74, 6) is 4.97. The number of hydrogen-bond acceptors (Lipinski definition) is 7. The summed E-state index contributed by atoms with van der Waals surface area (Å²) >= 11 is 0. The number of carboxylic acid groups (broad SMARTS) is 1. The number of phenolic OH excluding ortho intramolecular Hbond substituents is 1. The van der Waals surface area contributed by atoms with Gasteiger partial charge in [-0.3, -0.25) is 4.79 Å². The molecule has 0 aromatic heterocycles. The minimum absolute atomic E-state index is 0.0324. The summed E-state index contributed by atoms with van der Waals surface area (Å²) < 4.78 is 10.1. The Morgan fingerprint density at radius 3 is 2.14 bits per heavy atom.